The summed E-state index contributed by atoms with van der Waals surface area (Å²) in [5.74, 6) is 0. The fraction of sp³-hybridized carbons (Fsp3) is 0.308. The van der Waals surface area contributed by atoms with E-state index in [-0.39, 0.29) is 12.1 Å². The SMILES string of the molecule is CNC(=O)N(C)[C@@H](C)c1ccc(-n2cncn2)cc1. The van der Waals surface area contributed by atoms with Crippen LogP contribution in [0.4, 0.5) is 4.79 Å². The Hall–Kier alpha value is -2.37. The van der Waals surface area contributed by atoms with Gasteiger partial charge in [-0.1, -0.05) is 12.1 Å². The molecule has 0 aliphatic heterocycles. The van der Waals surface area contributed by atoms with Gasteiger partial charge in [-0.2, -0.15) is 5.10 Å². The van der Waals surface area contributed by atoms with Gasteiger partial charge in [-0.3, -0.25) is 0 Å². The number of nitrogens with one attached hydrogen (secondary N) is 1. The molecule has 0 bridgehead atoms. The molecule has 0 radical (unpaired) electrons. The largest absolute Gasteiger partial charge is 0.341 e. The first-order valence-corrected chi connectivity index (χ1v) is 6.03. The smallest absolute Gasteiger partial charge is 0.317 e. The molecule has 0 unspecified atom stereocenters. The Bertz CT molecular complexity index is 535. The minimum Gasteiger partial charge on any atom is -0.341 e. The summed E-state index contributed by atoms with van der Waals surface area (Å²) in [6, 6.07) is 7.79. The van der Waals surface area contributed by atoms with Crippen LogP contribution >= 0.6 is 0 Å². The van der Waals surface area contributed by atoms with Crippen LogP contribution in [0.5, 0.6) is 0 Å². The zero-order valence-electron chi connectivity index (χ0n) is 11.2. The van der Waals surface area contributed by atoms with E-state index in [0.29, 0.717) is 0 Å². The summed E-state index contributed by atoms with van der Waals surface area (Å²) in [6.45, 7) is 1.99. The van der Waals surface area contributed by atoms with E-state index >= 15 is 0 Å². The van der Waals surface area contributed by atoms with Crippen LogP contribution in [0.3, 0.4) is 0 Å². The molecule has 1 atom stereocenters. The molecule has 2 amide bonds. The Morgan fingerprint density at radius 1 is 1.37 bits per heavy atom. The van der Waals surface area contributed by atoms with E-state index in [1.165, 1.54) is 6.33 Å². The second-order valence-electron chi connectivity index (χ2n) is 4.27. The third-order valence-corrected chi connectivity index (χ3v) is 3.17. The van der Waals surface area contributed by atoms with Crippen molar-refractivity contribution >= 4 is 6.03 Å². The van der Waals surface area contributed by atoms with Crippen molar-refractivity contribution in [1.82, 2.24) is 25.0 Å². The maximum Gasteiger partial charge on any atom is 0.317 e. The van der Waals surface area contributed by atoms with E-state index in [2.05, 4.69) is 15.4 Å². The fourth-order valence-electron chi connectivity index (χ4n) is 1.82. The molecule has 2 aromatic rings. The molecule has 6 nitrogen and oxygen atoms in total. The molecule has 1 heterocycles. The molecule has 19 heavy (non-hydrogen) atoms. The van der Waals surface area contributed by atoms with E-state index in [0.717, 1.165) is 11.3 Å². The Morgan fingerprint density at radius 2 is 2.05 bits per heavy atom. The van der Waals surface area contributed by atoms with Crippen LogP contribution in [0.2, 0.25) is 0 Å². The first-order chi connectivity index (χ1) is 9.13. The summed E-state index contributed by atoms with van der Waals surface area (Å²) < 4.78 is 1.69. The highest BCUT2D eigenvalue weighted by Gasteiger charge is 2.15. The predicted octanol–water partition coefficient (Wildman–Crippen LogP) is 1.60. The predicted molar refractivity (Wildman–Crippen MR) is 72.0 cm³/mol. The van der Waals surface area contributed by atoms with E-state index in [4.69, 9.17) is 0 Å². The molecular formula is C13H17N5O. The van der Waals surface area contributed by atoms with Gasteiger partial charge in [0.1, 0.15) is 12.7 Å². The van der Waals surface area contributed by atoms with Gasteiger partial charge in [-0.25, -0.2) is 14.5 Å². The van der Waals surface area contributed by atoms with Crippen LogP contribution < -0.4 is 5.32 Å². The van der Waals surface area contributed by atoms with Crippen LogP contribution in [0.15, 0.2) is 36.9 Å². The summed E-state index contributed by atoms with van der Waals surface area (Å²) in [4.78, 5) is 17.1. The molecule has 0 saturated carbocycles. The van der Waals surface area contributed by atoms with Crippen LogP contribution in [0.25, 0.3) is 5.69 Å². The highest BCUT2D eigenvalue weighted by molar-refractivity contribution is 5.74. The Balaban J connectivity index is 2.16. The van der Waals surface area contributed by atoms with Gasteiger partial charge in [0.25, 0.3) is 0 Å². The molecule has 6 heteroatoms. The van der Waals surface area contributed by atoms with Gasteiger partial charge in [0.05, 0.1) is 11.7 Å². The average Bonchev–Trinajstić information content (AvgIpc) is 2.99. The molecule has 1 aromatic heterocycles. The first-order valence-electron chi connectivity index (χ1n) is 6.03. The number of rotatable bonds is 3. The second-order valence-corrected chi connectivity index (χ2v) is 4.27. The van der Waals surface area contributed by atoms with Gasteiger partial charge in [-0.05, 0) is 24.6 Å². The molecule has 0 aliphatic rings. The molecule has 1 N–H and O–H groups in total. The first kappa shape index (κ1) is 13.1. The summed E-state index contributed by atoms with van der Waals surface area (Å²) in [5, 5.41) is 6.68. The molecule has 0 aliphatic carbocycles. The lowest BCUT2D eigenvalue weighted by Gasteiger charge is -2.24. The molecule has 100 valence electrons. The van der Waals surface area contributed by atoms with Gasteiger partial charge in [0, 0.05) is 14.1 Å². The highest BCUT2D eigenvalue weighted by Crippen LogP contribution is 2.20. The van der Waals surface area contributed by atoms with Crippen LogP contribution in [0.1, 0.15) is 18.5 Å². The molecule has 0 fully saturated rings. The summed E-state index contributed by atoms with van der Waals surface area (Å²) >= 11 is 0. The lowest BCUT2D eigenvalue weighted by Crippen LogP contribution is -2.36. The third kappa shape index (κ3) is 2.73. The van der Waals surface area contributed by atoms with Crippen molar-refractivity contribution in [2.45, 2.75) is 13.0 Å². The van der Waals surface area contributed by atoms with E-state index in [1.54, 1.807) is 30.0 Å². The van der Waals surface area contributed by atoms with Crippen molar-refractivity contribution in [2.24, 2.45) is 0 Å². The van der Waals surface area contributed by atoms with Gasteiger partial charge in [-0.15, -0.1) is 0 Å². The zero-order chi connectivity index (χ0) is 13.8. The van der Waals surface area contributed by atoms with Gasteiger partial charge >= 0.3 is 6.03 Å². The van der Waals surface area contributed by atoms with Gasteiger partial charge < -0.3 is 10.2 Å². The minimum atomic E-state index is -0.104. The summed E-state index contributed by atoms with van der Waals surface area (Å²) in [7, 11) is 3.40. The monoisotopic (exact) mass is 259 g/mol. The maximum absolute atomic E-state index is 11.6. The van der Waals surface area contributed by atoms with Crippen molar-refractivity contribution in [3.8, 4) is 5.69 Å². The standard InChI is InChI=1S/C13H17N5O/c1-10(17(3)13(19)14-2)11-4-6-12(7-5-11)18-9-15-8-16-18/h4-10H,1-3H3,(H,14,19)/t10-/m0/s1. The van der Waals surface area contributed by atoms with Crippen LogP contribution in [0, 0.1) is 0 Å². The number of carbonyl (C=O) groups is 1. The maximum atomic E-state index is 11.6. The summed E-state index contributed by atoms with van der Waals surface area (Å²) in [5.41, 5.74) is 2.01. The number of nitrogens with zero attached hydrogens (tertiary/aromatic N) is 4. The van der Waals surface area contributed by atoms with E-state index in [1.807, 2.05) is 31.2 Å². The lowest BCUT2D eigenvalue weighted by atomic mass is 10.1. The number of urea groups is 1. The van der Waals surface area contributed by atoms with Crippen molar-refractivity contribution in [3.63, 3.8) is 0 Å². The number of hydrogen-bond acceptors (Lipinski definition) is 3. The molecule has 1 aromatic carbocycles. The van der Waals surface area contributed by atoms with E-state index in [9.17, 15) is 4.79 Å². The fourth-order valence-corrected chi connectivity index (χ4v) is 1.82. The minimum absolute atomic E-state index is 0.00439. The molecule has 2 rings (SSSR count). The topological polar surface area (TPSA) is 63.1 Å². The normalized spacial score (nSPS) is 11.9. The van der Waals surface area contributed by atoms with Crippen LogP contribution in [-0.2, 0) is 0 Å². The number of benzene rings is 1. The quantitative estimate of drug-likeness (QED) is 0.910. The average molecular weight is 259 g/mol. The molecular weight excluding hydrogens is 242 g/mol. The molecule has 0 spiro atoms. The van der Waals surface area contributed by atoms with E-state index < -0.39 is 0 Å². The number of carbonyl (C=O) groups excluding carboxylic acids is 1. The van der Waals surface area contributed by atoms with Crippen molar-refractivity contribution in [1.29, 1.82) is 0 Å². The number of aromatic nitrogens is 3. The third-order valence-electron chi connectivity index (χ3n) is 3.17. The zero-order valence-corrected chi connectivity index (χ0v) is 11.2. The van der Waals surface area contributed by atoms with Crippen molar-refractivity contribution in [3.05, 3.63) is 42.5 Å². The van der Waals surface area contributed by atoms with Crippen molar-refractivity contribution < 1.29 is 4.79 Å². The van der Waals surface area contributed by atoms with Crippen molar-refractivity contribution in [2.75, 3.05) is 14.1 Å². The molecule has 0 saturated heterocycles. The summed E-state index contributed by atoms with van der Waals surface area (Å²) in [6.07, 6.45) is 3.14. The Morgan fingerprint density at radius 3 is 2.58 bits per heavy atom. The number of hydrogen-bond donors (Lipinski definition) is 1. The van der Waals surface area contributed by atoms with Gasteiger partial charge in [0.2, 0.25) is 0 Å². The highest BCUT2D eigenvalue weighted by atomic mass is 16.2. The Kier molecular flexibility index (Phi) is 3.79. The Labute approximate surface area is 112 Å². The lowest BCUT2D eigenvalue weighted by molar-refractivity contribution is 0.197. The number of amides is 2. The van der Waals surface area contributed by atoms with Gasteiger partial charge in [0.15, 0.2) is 0 Å². The second kappa shape index (κ2) is 5.51. The van der Waals surface area contributed by atoms with Crippen LogP contribution in [-0.4, -0.2) is 39.8 Å².